The highest BCUT2D eigenvalue weighted by molar-refractivity contribution is 6.09. The van der Waals surface area contributed by atoms with E-state index in [1.807, 2.05) is 61.5 Å². The van der Waals surface area contributed by atoms with E-state index in [1.54, 1.807) is 0 Å². The van der Waals surface area contributed by atoms with Gasteiger partial charge in [-0.2, -0.15) is 0 Å². The number of hydrogen-bond donors (Lipinski definition) is 1. The molecular weight excluding hydrogens is 282 g/mol. The standard InChI is InChI=1S/C21H15NO/c1-2-6-15-11-13-16(14-12-15)22-19-9-5-8-18-17-7-3-4-10-20(17)23-21(18)19/h3-5,7-14,22H,1H3. The molecule has 0 saturated heterocycles. The molecule has 0 atom stereocenters. The van der Waals surface area contributed by atoms with Crippen LogP contribution in [0.1, 0.15) is 12.5 Å². The summed E-state index contributed by atoms with van der Waals surface area (Å²) in [5, 5.41) is 5.70. The van der Waals surface area contributed by atoms with Gasteiger partial charge in [0.25, 0.3) is 0 Å². The summed E-state index contributed by atoms with van der Waals surface area (Å²) >= 11 is 0. The normalized spacial score (nSPS) is 10.5. The molecule has 0 unspecified atom stereocenters. The summed E-state index contributed by atoms with van der Waals surface area (Å²) in [6, 6.07) is 22.4. The minimum absolute atomic E-state index is 0.881. The third-order valence-corrected chi connectivity index (χ3v) is 3.84. The quantitative estimate of drug-likeness (QED) is 0.480. The van der Waals surface area contributed by atoms with Crippen LogP contribution in [0.4, 0.5) is 11.4 Å². The molecule has 0 fully saturated rings. The molecule has 4 rings (SSSR count). The van der Waals surface area contributed by atoms with Crippen molar-refractivity contribution >= 4 is 33.3 Å². The van der Waals surface area contributed by atoms with Gasteiger partial charge in [0.15, 0.2) is 5.58 Å². The minimum atomic E-state index is 0.881. The van der Waals surface area contributed by atoms with Crippen molar-refractivity contribution in [3.05, 3.63) is 72.3 Å². The molecule has 23 heavy (non-hydrogen) atoms. The Morgan fingerprint density at radius 3 is 2.43 bits per heavy atom. The fourth-order valence-corrected chi connectivity index (χ4v) is 2.78. The third-order valence-electron chi connectivity index (χ3n) is 3.84. The number of rotatable bonds is 2. The average molecular weight is 297 g/mol. The number of furan rings is 1. The number of benzene rings is 3. The monoisotopic (exact) mass is 297 g/mol. The Bertz CT molecular complexity index is 1050. The Kier molecular flexibility index (Phi) is 3.25. The lowest BCUT2D eigenvalue weighted by Crippen LogP contribution is -1.90. The Hall–Kier alpha value is -3.18. The lowest BCUT2D eigenvalue weighted by atomic mass is 10.1. The van der Waals surface area contributed by atoms with Crippen molar-refractivity contribution in [2.45, 2.75) is 6.92 Å². The van der Waals surface area contributed by atoms with E-state index in [2.05, 4.69) is 29.3 Å². The van der Waals surface area contributed by atoms with Crippen LogP contribution in [0.25, 0.3) is 21.9 Å². The molecule has 0 radical (unpaired) electrons. The van der Waals surface area contributed by atoms with Gasteiger partial charge in [-0.15, -0.1) is 5.92 Å². The summed E-state index contributed by atoms with van der Waals surface area (Å²) in [7, 11) is 0. The Morgan fingerprint density at radius 1 is 0.826 bits per heavy atom. The van der Waals surface area contributed by atoms with E-state index in [-0.39, 0.29) is 0 Å². The molecule has 0 amide bonds. The fourth-order valence-electron chi connectivity index (χ4n) is 2.78. The highest BCUT2D eigenvalue weighted by atomic mass is 16.3. The van der Waals surface area contributed by atoms with Gasteiger partial charge in [0.05, 0.1) is 5.69 Å². The average Bonchev–Trinajstić information content (AvgIpc) is 2.97. The molecule has 0 spiro atoms. The summed E-state index contributed by atoms with van der Waals surface area (Å²) in [6.07, 6.45) is 0. The zero-order chi connectivity index (χ0) is 15.6. The zero-order valence-corrected chi connectivity index (χ0v) is 12.8. The van der Waals surface area contributed by atoms with Gasteiger partial charge < -0.3 is 9.73 Å². The molecule has 0 aliphatic rings. The van der Waals surface area contributed by atoms with Crippen LogP contribution in [0.5, 0.6) is 0 Å². The first kappa shape index (κ1) is 13.5. The Balaban J connectivity index is 1.77. The molecule has 110 valence electrons. The van der Waals surface area contributed by atoms with Crippen LogP contribution in [0.15, 0.2) is 71.1 Å². The maximum Gasteiger partial charge on any atom is 0.158 e. The van der Waals surface area contributed by atoms with Gasteiger partial charge in [-0.05, 0) is 43.3 Å². The number of para-hydroxylation sites is 2. The van der Waals surface area contributed by atoms with Crippen LogP contribution in [0, 0.1) is 11.8 Å². The Labute approximate surface area is 134 Å². The predicted octanol–water partition coefficient (Wildman–Crippen LogP) is 5.70. The summed E-state index contributed by atoms with van der Waals surface area (Å²) in [4.78, 5) is 0. The van der Waals surface area contributed by atoms with E-state index in [1.165, 1.54) is 0 Å². The SMILES string of the molecule is CC#Cc1ccc(Nc2cccc3c2oc2ccccc23)cc1. The minimum Gasteiger partial charge on any atom is -0.454 e. The fraction of sp³-hybridized carbons (Fsp3) is 0.0476. The molecule has 0 saturated carbocycles. The largest absolute Gasteiger partial charge is 0.454 e. The van der Waals surface area contributed by atoms with Gasteiger partial charge in [0.1, 0.15) is 5.58 Å². The van der Waals surface area contributed by atoms with Crippen LogP contribution >= 0.6 is 0 Å². The predicted molar refractivity (Wildman–Crippen MR) is 96.0 cm³/mol. The van der Waals surface area contributed by atoms with Crippen molar-refractivity contribution < 1.29 is 4.42 Å². The molecule has 0 bridgehead atoms. The first-order valence-electron chi connectivity index (χ1n) is 7.55. The van der Waals surface area contributed by atoms with Crippen molar-refractivity contribution in [1.82, 2.24) is 0 Å². The molecule has 2 nitrogen and oxygen atoms in total. The lowest BCUT2D eigenvalue weighted by molar-refractivity contribution is 0.670. The lowest BCUT2D eigenvalue weighted by Gasteiger charge is -2.07. The molecule has 0 aliphatic heterocycles. The molecule has 0 aliphatic carbocycles. The molecular formula is C21H15NO. The van der Waals surface area contributed by atoms with Gasteiger partial charge in [-0.3, -0.25) is 0 Å². The number of hydrogen-bond acceptors (Lipinski definition) is 2. The second kappa shape index (κ2) is 5.55. The van der Waals surface area contributed by atoms with Gasteiger partial charge >= 0.3 is 0 Å². The summed E-state index contributed by atoms with van der Waals surface area (Å²) in [5.41, 5.74) is 4.78. The van der Waals surface area contributed by atoms with Crippen molar-refractivity contribution in [3.63, 3.8) is 0 Å². The van der Waals surface area contributed by atoms with Crippen LogP contribution in [0.3, 0.4) is 0 Å². The number of anilines is 2. The van der Waals surface area contributed by atoms with Crippen molar-refractivity contribution in [3.8, 4) is 11.8 Å². The van der Waals surface area contributed by atoms with Crippen molar-refractivity contribution in [2.24, 2.45) is 0 Å². The first-order valence-corrected chi connectivity index (χ1v) is 7.55. The third kappa shape index (κ3) is 2.43. The highest BCUT2D eigenvalue weighted by Gasteiger charge is 2.10. The molecule has 2 heteroatoms. The van der Waals surface area contributed by atoms with E-state index >= 15 is 0 Å². The van der Waals surface area contributed by atoms with Gasteiger partial charge in [-0.25, -0.2) is 0 Å². The highest BCUT2D eigenvalue weighted by Crippen LogP contribution is 2.34. The molecule has 1 N–H and O–H groups in total. The maximum absolute atomic E-state index is 6.03. The Morgan fingerprint density at radius 2 is 1.61 bits per heavy atom. The summed E-state index contributed by atoms with van der Waals surface area (Å²) in [6.45, 7) is 1.84. The smallest absolute Gasteiger partial charge is 0.158 e. The van der Waals surface area contributed by atoms with Crippen LogP contribution < -0.4 is 5.32 Å². The van der Waals surface area contributed by atoms with Gasteiger partial charge in [0.2, 0.25) is 0 Å². The second-order valence-electron chi connectivity index (χ2n) is 5.36. The maximum atomic E-state index is 6.03. The van der Waals surface area contributed by atoms with E-state index in [0.717, 1.165) is 38.9 Å². The van der Waals surface area contributed by atoms with Crippen molar-refractivity contribution in [2.75, 3.05) is 5.32 Å². The van der Waals surface area contributed by atoms with E-state index < -0.39 is 0 Å². The van der Waals surface area contributed by atoms with E-state index in [4.69, 9.17) is 4.42 Å². The summed E-state index contributed by atoms with van der Waals surface area (Å²) in [5.74, 6) is 5.96. The molecule has 3 aromatic carbocycles. The van der Waals surface area contributed by atoms with Gasteiger partial charge in [-0.1, -0.05) is 36.3 Å². The zero-order valence-electron chi connectivity index (χ0n) is 12.8. The van der Waals surface area contributed by atoms with Crippen LogP contribution in [0.2, 0.25) is 0 Å². The van der Waals surface area contributed by atoms with Crippen LogP contribution in [-0.4, -0.2) is 0 Å². The summed E-state index contributed by atoms with van der Waals surface area (Å²) < 4.78 is 6.03. The van der Waals surface area contributed by atoms with E-state index in [9.17, 15) is 0 Å². The first-order chi connectivity index (χ1) is 11.3. The van der Waals surface area contributed by atoms with Crippen LogP contribution in [-0.2, 0) is 0 Å². The molecule has 4 aromatic rings. The van der Waals surface area contributed by atoms with Gasteiger partial charge in [0, 0.05) is 22.0 Å². The van der Waals surface area contributed by atoms with Crippen molar-refractivity contribution in [1.29, 1.82) is 0 Å². The second-order valence-corrected chi connectivity index (χ2v) is 5.36. The topological polar surface area (TPSA) is 25.2 Å². The molecule has 1 heterocycles. The number of fused-ring (bicyclic) bond motifs is 3. The van der Waals surface area contributed by atoms with E-state index in [0.29, 0.717) is 0 Å². The number of nitrogens with one attached hydrogen (secondary N) is 1. The molecule has 1 aromatic heterocycles.